The number of benzene rings is 1. The van der Waals surface area contributed by atoms with Crippen LogP contribution in [0.2, 0.25) is 5.15 Å². The molecule has 1 aromatic carbocycles. The van der Waals surface area contributed by atoms with Gasteiger partial charge in [-0.15, -0.1) is 0 Å². The van der Waals surface area contributed by atoms with E-state index in [1.54, 1.807) is 17.7 Å². The number of aliphatic imine (C=N–C) groups is 1. The molecule has 0 bridgehead atoms. The van der Waals surface area contributed by atoms with E-state index in [0.29, 0.717) is 11.0 Å². The van der Waals surface area contributed by atoms with Crippen LogP contribution >= 0.6 is 11.6 Å². The lowest BCUT2D eigenvalue weighted by Crippen LogP contribution is -2.22. The van der Waals surface area contributed by atoms with Gasteiger partial charge in [0.2, 0.25) is 6.23 Å². The highest BCUT2D eigenvalue weighted by molar-refractivity contribution is 7.91. The number of aromatic nitrogens is 3. The van der Waals surface area contributed by atoms with Gasteiger partial charge in [0.05, 0.1) is 21.7 Å². The van der Waals surface area contributed by atoms with E-state index < -0.39 is 28.1 Å². The van der Waals surface area contributed by atoms with Crippen LogP contribution in [0, 0.1) is 0 Å². The molecule has 31 heavy (non-hydrogen) atoms. The van der Waals surface area contributed by atoms with Gasteiger partial charge in [-0.2, -0.15) is 18.1 Å². The highest BCUT2D eigenvalue weighted by Crippen LogP contribution is 2.34. The first-order valence-corrected chi connectivity index (χ1v) is 10.9. The number of hydrogen-bond acceptors (Lipinski definition) is 7. The maximum Gasteiger partial charge on any atom is 0.472 e. The largest absolute Gasteiger partial charge is 0.472 e. The Labute approximate surface area is 179 Å². The van der Waals surface area contributed by atoms with Crippen LogP contribution < -0.4 is 0 Å². The van der Waals surface area contributed by atoms with Crippen molar-refractivity contribution < 1.29 is 31.4 Å². The van der Waals surface area contributed by atoms with Crippen LogP contribution in [0.15, 0.2) is 40.2 Å². The highest BCUT2D eigenvalue weighted by Gasteiger charge is 2.44. The van der Waals surface area contributed by atoms with Gasteiger partial charge in [-0.3, -0.25) is 0 Å². The summed E-state index contributed by atoms with van der Waals surface area (Å²) in [5.74, 6) is -1.39. The second kappa shape index (κ2) is 7.46. The lowest BCUT2D eigenvalue weighted by Gasteiger charge is -2.09. The second-order valence-electron chi connectivity index (χ2n) is 6.59. The summed E-state index contributed by atoms with van der Waals surface area (Å²) in [6.07, 6.45) is -6.08. The first-order valence-electron chi connectivity index (χ1n) is 8.85. The molecule has 164 valence electrons. The quantitative estimate of drug-likeness (QED) is 0.419. The minimum absolute atomic E-state index is 0.0232. The van der Waals surface area contributed by atoms with E-state index in [2.05, 4.69) is 24.7 Å². The molecule has 3 heterocycles. The van der Waals surface area contributed by atoms with Crippen LogP contribution in [-0.4, -0.2) is 40.8 Å². The molecule has 3 aromatic rings. The van der Waals surface area contributed by atoms with Crippen LogP contribution in [0.4, 0.5) is 13.2 Å². The maximum atomic E-state index is 12.7. The van der Waals surface area contributed by atoms with E-state index in [-0.39, 0.29) is 32.9 Å². The van der Waals surface area contributed by atoms with Gasteiger partial charge in [0, 0.05) is 12.6 Å². The SMILES string of the molecule is CCS(=O)(=O)c1ccc(Cl)nc1-c1nc2cc(C3N=C(C(F)(F)F)OO3)ccc2n1C. The molecule has 0 fully saturated rings. The second-order valence-corrected chi connectivity index (χ2v) is 9.22. The topological polar surface area (TPSA) is 95.7 Å². The van der Waals surface area contributed by atoms with Crippen LogP contribution in [0.1, 0.15) is 18.7 Å². The smallest absolute Gasteiger partial charge is 0.326 e. The Morgan fingerprint density at radius 1 is 1.19 bits per heavy atom. The summed E-state index contributed by atoms with van der Waals surface area (Å²) in [6, 6.07) is 7.34. The Hall–Kier alpha value is -2.70. The van der Waals surface area contributed by atoms with Crippen LogP contribution in [0.3, 0.4) is 0 Å². The van der Waals surface area contributed by atoms with E-state index in [4.69, 9.17) is 11.6 Å². The van der Waals surface area contributed by atoms with Crippen molar-refractivity contribution in [3.63, 3.8) is 0 Å². The standard InChI is InChI=1S/C18H14ClF3N4O4S/c1-3-31(27,28)12-6-7-13(19)24-14(12)15-23-10-8-9(4-5-11(10)26(15)2)16-25-17(30-29-16)18(20,21)22/h4-8,16H,3H2,1-2H3. The lowest BCUT2D eigenvalue weighted by molar-refractivity contribution is -0.253. The number of fused-ring (bicyclic) bond motifs is 1. The fourth-order valence-corrected chi connectivity index (χ4v) is 4.23. The number of imidazole rings is 1. The summed E-state index contributed by atoms with van der Waals surface area (Å²) < 4.78 is 64.8. The number of hydrogen-bond donors (Lipinski definition) is 0. The Bertz CT molecular complexity index is 1320. The molecular weight excluding hydrogens is 461 g/mol. The predicted molar refractivity (Wildman–Crippen MR) is 105 cm³/mol. The van der Waals surface area contributed by atoms with Crippen molar-refractivity contribution in [2.45, 2.75) is 24.2 Å². The summed E-state index contributed by atoms with van der Waals surface area (Å²) in [6.45, 7) is 1.51. The number of aryl methyl sites for hydroxylation is 1. The van der Waals surface area contributed by atoms with Crippen LogP contribution in [0.5, 0.6) is 0 Å². The monoisotopic (exact) mass is 474 g/mol. The third-order valence-electron chi connectivity index (χ3n) is 4.64. The molecule has 1 unspecified atom stereocenters. The third kappa shape index (κ3) is 3.86. The van der Waals surface area contributed by atoms with Crippen molar-refractivity contribution in [2.24, 2.45) is 12.0 Å². The Kier molecular flexibility index (Phi) is 5.18. The van der Waals surface area contributed by atoms with Crippen molar-refractivity contribution >= 4 is 38.4 Å². The van der Waals surface area contributed by atoms with E-state index in [1.807, 2.05) is 0 Å². The molecule has 1 aliphatic rings. The number of rotatable bonds is 4. The van der Waals surface area contributed by atoms with Gasteiger partial charge in [0.1, 0.15) is 10.8 Å². The Morgan fingerprint density at radius 2 is 1.94 bits per heavy atom. The van der Waals surface area contributed by atoms with Crippen molar-refractivity contribution in [3.8, 4) is 11.5 Å². The molecule has 4 rings (SSSR count). The molecule has 0 aliphatic carbocycles. The van der Waals surface area contributed by atoms with Gasteiger partial charge in [0.25, 0.3) is 0 Å². The molecule has 0 amide bonds. The molecule has 0 saturated carbocycles. The summed E-state index contributed by atoms with van der Waals surface area (Å²) >= 11 is 5.99. The minimum atomic E-state index is -4.77. The highest BCUT2D eigenvalue weighted by atomic mass is 35.5. The number of sulfone groups is 1. The molecule has 0 N–H and O–H groups in total. The van der Waals surface area contributed by atoms with Crippen LogP contribution in [-0.2, 0) is 26.7 Å². The van der Waals surface area contributed by atoms with Gasteiger partial charge in [-0.25, -0.2) is 23.4 Å². The Balaban J connectivity index is 1.82. The van der Waals surface area contributed by atoms with Gasteiger partial charge in [0.15, 0.2) is 15.7 Å². The number of nitrogens with zero attached hydrogens (tertiary/aromatic N) is 4. The summed E-state index contributed by atoms with van der Waals surface area (Å²) in [4.78, 5) is 20.8. The average Bonchev–Trinajstić information content (AvgIpc) is 3.33. The van der Waals surface area contributed by atoms with E-state index in [1.165, 1.54) is 31.2 Å². The van der Waals surface area contributed by atoms with Gasteiger partial charge >= 0.3 is 12.1 Å². The van der Waals surface area contributed by atoms with E-state index in [0.717, 1.165) is 0 Å². The number of pyridine rings is 1. The normalized spacial score (nSPS) is 17.1. The summed E-state index contributed by atoms with van der Waals surface area (Å²) in [5, 5.41) is 0.0864. The molecule has 0 saturated heterocycles. The molecule has 13 heteroatoms. The van der Waals surface area contributed by atoms with Crippen LogP contribution in [0.25, 0.3) is 22.6 Å². The first kappa shape index (κ1) is 21.5. The fraction of sp³-hybridized carbons (Fsp3) is 0.278. The van der Waals surface area contributed by atoms with Gasteiger partial charge in [-0.05, 0) is 24.3 Å². The number of halogens is 4. The lowest BCUT2D eigenvalue weighted by atomic mass is 10.2. The molecule has 1 aliphatic heterocycles. The number of alkyl halides is 3. The molecular formula is C18H14ClF3N4O4S. The van der Waals surface area contributed by atoms with Crippen molar-refractivity contribution in [2.75, 3.05) is 5.75 Å². The third-order valence-corrected chi connectivity index (χ3v) is 6.61. The minimum Gasteiger partial charge on any atom is -0.326 e. The maximum absolute atomic E-state index is 12.7. The van der Waals surface area contributed by atoms with Gasteiger partial charge in [-0.1, -0.05) is 24.6 Å². The Morgan fingerprint density at radius 3 is 2.58 bits per heavy atom. The fourth-order valence-electron chi connectivity index (χ4n) is 3.06. The molecule has 2 aromatic heterocycles. The zero-order valence-electron chi connectivity index (χ0n) is 16.0. The molecule has 0 spiro atoms. The predicted octanol–water partition coefficient (Wildman–Crippen LogP) is 4.00. The van der Waals surface area contributed by atoms with Crippen molar-refractivity contribution in [3.05, 3.63) is 41.0 Å². The van der Waals surface area contributed by atoms with Crippen molar-refractivity contribution in [1.82, 2.24) is 14.5 Å². The van der Waals surface area contributed by atoms with Crippen molar-refractivity contribution in [1.29, 1.82) is 0 Å². The average molecular weight is 475 g/mol. The zero-order valence-corrected chi connectivity index (χ0v) is 17.6. The summed E-state index contributed by atoms with van der Waals surface area (Å²) in [7, 11) is -1.97. The molecule has 0 radical (unpaired) electrons. The van der Waals surface area contributed by atoms with Gasteiger partial charge < -0.3 is 9.45 Å². The van der Waals surface area contributed by atoms with E-state index >= 15 is 0 Å². The molecule has 1 atom stereocenters. The summed E-state index contributed by atoms with van der Waals surface area (Å²) in [5.41, 5.74) is 1.31. The van der Waals surface area contributed by atoms with E-state index in [9.17, 15) is 21.6 Å². The first-order chi connectivity index (χ1) is 14.5. The zero-order chi connectivity index (χ0) is 22.6. The molecule has 8 nitrogen and oxygen atoms in total.